The third kappa shape index (κ3) is 6.95. The van der Waals surface area contributed by atoms with Crippen LogP contribution in [0.3, 0.4) is 0 Å². The van der Waals surface area contributed by atoms with Crippen LogP contribution < -0.4 is 10.6 Å². The highest BCUT2D eigenvalue weighted by Gasteiger charge is 2.35. The normalized spacial score (nSPS) is 11.9. The Balaban J connectivity index is 1.60. The summed E-state index contributed by atoms with van der Waals surface area (Å²) in [6.07, 6.45) is -9.46. The molecule has 9 nitrogen and oxygen atoms in total. The number of nitrogens with zero attached hydrogens (tertiary/aromatic N) is 5. The van der Waals surface area contributed by atoms with Gasteiger partial charge in [0.15, 0.2) is 11.0 Å². The first-order valence-corrected chi connectivity index (χ1v) is 12.9. The third-order valence-electron chi connectivity index (χ3n) is 5.12. The number of anilines is 1. The number of nitrogens with one attached hydrogen (secondary N) is 2. The Morgan fingerprint density at radius 3 is 2.38 bits per heavy atom. The summed E-state index contributed by atoms with van der Waals surface area (Å²) in [7, 11) is 0. The summed E-state index contributed by atoms with van der Waals surface area (Å²) in [5.74, 6) is -1.90. The van der Waals surface area contributed by atoms with Crippen LogP contribution in [-0.2, 0) is 23.7 Å². The number of benzene rings is 2. The number of halogens is 6. The first-order valence-electron chi connectivity index (χ1n) is 11.1. The molecule has 0 saturated carbocycles. The zero-order valence-electron chi connectivity index (χ0n) is 20.2. The third-order valence-corrected chi connectivity index (χ3v) is 6.80. The van der Waals surface area contributed by atoms with Crippen LogP contribution in [0.25, 0.3) is 5.69 Å². The summed E-state index contributed by atoms with van der Waals surface area (Å²) in [4.78, 5) is 25.0. The van der Waals surface area contributed by atoms with Crippen LogP contribution in [-0.4, -0.2) is 42.5 Å². The van der Waals surface area contributed by atoms with Crippen LogP contribution in [0, 0.1) is 6.92 Å². The SMILES string of the molecule is Cc1nnc(NC(=O)CSc2nnc(CNC(=O)c3ccccc3C(F)(F)F)n2-c2cccc(C(F)(F)F)c2)s1. The van der Waals surface area contributed by atoms with Gasteiger partial charge in [0.1, 0.15) is 5.01 Å². The molecule has 4 aromatic rings. The molecule has 0 aliphatic rings. The molecular weight excluding hydrogens is 584 g/mol. The summed E-state index contributed by atoms with van der Waals surface area (Å²) in [6.45, 7) is 1.22. The first-order chi connectivity index (χ1) is 18.8. The van der Waals surface area contributed by atoms with Gasteiger partial charge in [0.2, 0.25) is 11.0 Å². The molecule has 0 spiro atoms. The molecule has 0 aliphatic carbocycles. The summed E-state index contributed by atoms with van der Waals surface area (Å²) >= 11 is 1.98. The van der Waals surface area contributed by atoms with Gasteiger partial charge in [0.05, 0.1) is 34.7 Å². The molecule has 2 N–H and O–H groups in total. The lowest BCUT2D eigenvalue weighted by Gasteiger charge is -2.14. The van der Waals surface area contributed by atoms with Gasteiger partial charge in [-0.05, 0) is 37.3 Å². The van der Waals surface area contributed by atoms with E-state index in [1.807, 2.05) is 0 Å². The molecule has 0 unspecified atom stereocenters. The Morgan fingerprint density at radius 2 is 1.70 bits per heavy atom. The Kier molecular flexibility index (Phi) is 8.43. The minimum atomic E-state index is -4.79. The summed E-state index contributed by atoms with van der Waals surface area (Å²) in [5, 5.41) is 21.1. The number of hydrogen-bond donors (Lipinski definition) is 2. The minimum absolute atomic E-state index is 0.00265. The Bertz CT molecular complexity index is 1530. The molecule has 4 rings (SSSR count). The second-order valence-electron chi connectivity index (χ2n) is 7.97. The monoisotopic (exact) mass is 601 g/mol. The predicted octanol–water partition coefficient (Wildman–Crippen LogP) is 5.13. The van der Waals surface area contributed by atoms with E-state index < -0.39 is 47.4 Å². The van der Waals surface area contributed by atoms with Crippen molar-refractivity contribution in [1.29, 1.82) is 0 Å². The zero-order chi connectivity index (χ0) is 29.1. The van der Waals surface area contributed by atoms with E-state index in [0.717, 1.165) is 59.5 Å². The predicted molar refractivity (Wildman–Crippen MR) is 133 cm³/mol. The van der Waals surface area contributed by atoms with Crippen molar-refractivity contribution in [3.8, 4) is 5.69 Å². The molecular formula is C23H17F6N7O2S2. The fraction of sp³-hybridized carbons (Fsp3) is 0.217. The van der Waals surface area contributed by atoms with E-state index in [1.54, 1.807) is 6.92 Å². The van der Waals surface area contributed by atoms with Crippen LogP contribution in [0.4, 0.5) is 31.5 Å². The van der Waals surface area contributed by atoms with Gasteiger partial charge in [-0.15, -0.1) is 20.4 Å². The Hall–Kier alpha value is -3.99. The van der Waals surface area contributed by atoms with Crippen LogP contribution >= 0.6 is 23.1 Å². The number of aromatic nitrogens is 5. The lowest BCUT2D eigenvalue weighted by Crippen LogP contribution is -2.27. The van der Waals surface area contributed by atoms with Gasteiger partial charge in [-0.3, -0.25) is 19.5 Å². The van der Waals surface area contributed by atoms with Gasteiger partial charge >= 0.3 is 12.4 Å². The fourth-order valence-corrected chi connectivity index (χ4v) is 4.78. The second-order valence-corrected chi connectivity index (χ2v) is 10.1. The molecule has 0 radical (unpaired) electrons. The van der Waals surface area contributed by atoms with Crippen molar-refractivity contribution >= 4 is 40.0 Å². The summed E-state index contributed by atoms with van der Waals surface area (Å²) < 4.78 is 81.4. The van der Waals surface area contributed by atoms with Crippen LogP contribution in [0.15, 0.2) is 53.7 Å². The van der Waals surface area contributed by atoms with E-state index in [0.29, 0.717) is 5.01 Å². The average Bonchev–Trinajstić information content (AvgIpc) is 3.50. The standard InChI is InChI=1S/C23H17F6N7O2S2/c1-12-32-34-20(40-12)31-18(37)11-39-21-35-33-17(36(21)14-6-4-5-13(9-14)22(24,25)26)10-30-19(38)15-7-2-3-8-16(15)23(27,28)29/h2-9H,10-11H2,1H3,(H,30,38)(H,31,34,37). The van der Waals surface area contributed by atoms with Crippen molar-refractivity contribution in [3.05, 3.63) is 76.1 Å². The van der Waals surface area contributed by atoms with E-state index in [-0.39, 0.29) is 27.6 Å². The van der Waals surface area contributed by atoms with Gasteiger partial charge < -0.3 is 5.32 Å². The highest BCUT2D eigenvalue weighted by Crippen LogP contribution is 2.33. The Morgan fingerprint density at radius 1 is 0.950 bits per heavy atom. The smallest absolute Gasteiger partial charge is 0.345 e. The number of aryl methyl sites for hydroxylation is 1. The molecule has 0 fully saturated rings. The van der Waals surface area contributed by atoms with Crippen molar-refractivity contribution in [3.63, 3.8) is 0 Å². The van der Waals surface area contributed by atoms with Gasteiger partial charge in [-0.25, -0.2) is 0 Å². The van der Waals surface area contributed by atoms with Gasteiger partial charge in [0, 0.05) is 0 Å². The van der Waals surface area contributed by atoms with E-state index in [9.17, 15) is 35.9 Å². The second kappa shape index (κ2) is 11.6. The number of alkyl halides is 6. The first kappa shape index (κ1) is 29.0. The molecule has 210 valence electrons. The van der Waals surface area contributed by atoms with Crippen molar-refractivity contribution in [1.82, 2.24) is 30.3 Å². The molecule has 0 atom stereocenters. The zero-order valence-corrected chi connectivity index (χ0v) is 21.8. The average molecular weight is 602 g/mol. The lowest BCUT2D eigenvalue weighted by molar-refractivity contribution is -0.138. The maximum atomic E-state index is 13.4. The number of carbonyl (C=O) groups excluding carboxylic acids is 2. The van der Waals surface area contributed by atoms with Crippen molar-refractivity contribution < 1.29 is 35.9 Å². The molecule has 2 amide bonds. The van der Waals surface area contributed by atoms with E-state index >= 15 is 0 Å². The largest absolute Gasteiger partial charge is 0.417 e. The Labute approximate surface area is 230 Å². The van der Waals surface area contributed by atoms with E-state index in [2.05, 4.69) is 31.0 Å². The molecule has 0 bridgehead atoms. The number of thioether (sulfide) groups is 1. The molecule has 0 saturated heterocycles. The highest BCUT2D eigenvalue weighted by atomic mass is 32.2. The molecule has 40 heavy (non-hydrogen) atoms. The van der Waals surface area contributed by atoms with Crippen molar-refractivity contribution in [2.24, 2.45) is 0 Å². The number of hydrogen-bond acceptors (Lipinski definition) is 8. The number of rotatable bonds is 8. The molecule has 2 aromatic heterocycles. The highest BCUT2D eigenvalue weighted by molar-refractivity contribution is 7.99. The van der Waals surface area contributed by atoms with Gasteiger partial charge in [-0.2, -0.15) is 26.3 Å². The minimum Gasteiger partial charge on any atom is -0.345 e. The summed E-state index contributed by atoms with van der Waals surface area (Å²) in [5.41, 5.74) is -2.81. The van der Waals surface area contributed by atoms with Crippen LogP contribution in [0.2, 0.25) is 0 Å². The van der Waals surface area contributed by atoms with Crippen LogP contribution in [0.5, 0.6) is 0 Å². The van der Waals surface area contributed by atoms with E-state index in [4.69, 9.17) is 0 Å². The fourth-order valence-electron chi connectivity index (χ4n) is 3.40. The topological polar surface area (TPSA) is 115 Å². The maximum Gasteiger partial charge on any atom is 0.417 e. The molecule has 2 heterocycles. The van der Waals surface area contributed by atoms with Crippen molar-refractivity contribution in [2.75, 3.05) is 11.1 Å². The van der Waals surface area contributed by atoms with Crippen molar-refractivity contribution in [2.45, 2.75) is 31.0 Å². The molecule has 2 aromatic carbocycles. The summed E-state index contributed by atoms with van der Waals surface area (Å²) in [6, 6.07) is 8.30. The van der Waals surface area contributed by atoms with Gasteiger partial charge in [-0.1, -0.05) is 41.3 Å². The lowest BCUT2D eigenvalue weighted by atomic mass is 10.1. The maximum absolute atomic E-state index is 13.4. The number of carbonyl (C=O) groups is 2. The number of amides is 2. The van der Waals surface area contributed by atoms with Gasteiger partial charge in [0.25, 0.3) is 5.91 Å². The molecule has 0 aliphatic heterocycles. The quantitative estimate of drug-likeness (QED) is 0.213. The van der Waals surface area contributed by atoms with E-state index in [1.165, 1.54) is 16.7 Å². The van der Waals surface area contributed by atoms with Crippen LogP contribution in [0.1, 0.15) is 32.3 Å². The molecule has 17 heteroatoms.